The number of ether oxygens (including phenoxy) is 4. The van der Waals surface area contributed by atoms with E-state index in [9.17, 15) is 5.11 Å². The number of aromatic nitrogens is 3. The summed E-state index contributed by atoms with van der Waals surface area (Å²) in [5, 5.41) is 10.9. The molecule has 218 valence electrons. The van der Waals surface area contributed by atoms with Crippen LogP contribution in [0.5, 0.6) is 5.75 Å². The molecule has 2 aromatic rings. The number of nitrogens with zero attached hydrogens (tertiary/aromatic N) is 5. The molecular formula is C28H40N6O5S. The number of aliphatic hydroxyl groups excluding tert-OH is 1. The van der Waals surface area contributed by atoms with Crippen molar-refractivity contribution in [3.8, 4) is 5.75 Å². The first kappa shape index (κ1) is 27.9. The van der Waals surface area contributed by atoms with Crippen molar-refractivity contribution in [1.82, 2.24) is 15.0 Å². The topological polar surface area (TPSA) is 128 Å². The minimum Gasteiger partial charge on any atom is -0.486 e. The van der Waals surface area contributed by atoms with Crippen LogP contribution in [0.2, 0.25) is 0 Å². The van der Waals surface area contributed by atoms with Gasteiger partial charge in [-0.05, 0) is 39.2 Å². The SMILES string of the molecule is CCOCOC[C@H]1C[C@H]2COc3c(Sc4cnc(N5CCC6(CC5)CO[C@@H](C)[C@H]6N)c(CO)n4)ccnc3N2C1. The number of hydrogen-bond donors (Lipinski definition) is 2. The van der Waals surface area contributed by atoms with Crippen LogP contribution < -0.4 is 20.3 Å². The van der Waals surface area contributed by atoms with Crippen LogP contribution in [-0.4, -0.2) is 91.1 Å². The van der Waals surface area contributed by atoms with Crippen LogP contribution >= 0.6 is 11.8 Å². The molecule has 4 aliphatic heterocycles. The van der Waals surface area contributed by atoms with E-state index >= 15 is 0 Å². The van der Waals surface area contributed by atoms with Crippen LogP contribution in [-0.2, 0) is 20.8 Å². The molecule has 3 saturated heterocycles. The lowest BCUT2D eigenvalue weighted by molar-refractivity contribution is -0.0587. The van der Waals surface area contributed by atoms with Crippen LogP contribution in [0.3, 0.4) is 0 Å². The third-order valence-corrected chi connectivity index (χ3v) is 9.78. The molecule has 0 radical (unpaired) electrons. The van der Waals surface area contributed by atoms with E-state index in [-0.39, 0.29) is 24.2 Å². The average molecular weight is 573 g/mol. The van der Waals surface area contributed by atoms with Gasteiger partial charge >= 0.3 is 0 Å². The smallest absolute Gasteiger partial charge is 0.175 e. The van der Waals surface area contributed by atoms with E-state index in [1.807, 2.05) is 19.2 Å². The summed E-state index contributed by atoms with van der Waals surface area (Å²) in [6, 6.07) is 2.30. The highest BCUT2D eigenvalue weighted by Gasteiger charge is 2.48. The molecule has 0 aliphatic carbocycles. The first-order valence-corrected chi connectivity index (χ1v) is 15.1. The number of nitrogens with two attached hydrogens (primary N) is 1. The van der Waals surface area contributed by atoms with Crippen LogP contribution in [0.4, 0.5) is 11.6 Å². The summed E-state index contributed by atoms with van der Waals surface area (Å²) in [6.07, 6.45) is 6.60. The molecule has 3 fully saturated rings. The fourth-order valence-corrected chi connectivity index (χ4v) is 7.36. The zero-order valence-corrected chi connectivity index (χ0v) is 24.1. The van der Waals surface area contributed by atoms with E-state index in [2.05, 4.69) is 21.7 Å². The maximum atomic E-state index is 10.2. The van der Waals surface area contributed by atoms with Gasteiger partial charge in [0.05, 0.1) is 43.1 Å². The molecule has 0 unspecified atom stereocenters. The summed E-state index contributed by atoms with van der Waals surface area (Å²) in [5.41, 5.74) is 7.11. The van der Waals surface area contributed by atoms with Crippen molar-refractivity contribution >= 4 is 23.4 Å². The number of fused-ring (bicyclic) bond motifs is 3. The monoisotopic (exact) mass is 572 g/mol. The van der Waals surface area contributed by atoms with E-state index < -0.39 is 0 Å². The fourth-order valence-electron chi connectivity index (χ4n) is 6.50. The van der Waals surface area contributed by atoms with Gasteiger partial charge in [0.25, 0.3) is 0 Å². The van der Waals surface area contributed by atoms with Gasteiger partial charge in [-0.25, -0.2) is 15.0 Å². The third-order valence-electron chi connectivity index (χ3n) is 8.84. The first-order valence-electron chi connectivity index (χ1n) is 14.3. The molecule has 0 amide bonds. The summed E-state index contributed by atoms with van der Waals surface area (Å²) in [6.45, 7) is 9.35. The molecule has 12 heteroatoms. The Bertz CT molecular complexity index is 1180. The molecule has 6 heterocycles. The Kier molecular flexibility index (Phi) is 8.34. The van der Waals surface area contributed by atoms with Crippen molar-refractivity contribution in [2.24, 2.45) is 17.1 Å². The lowest BCUT2D eigenvalue weighted by Crippen LogP contribution is -2.51. The maximum absolute atomic E-state index is 10.2. The van der Waals surface area contributed by atoms with Gasteiger partial charge in [0.15, 0.2) is 17.4 Å². The number of pyridine rings is 1. The van der Waals surface area contributed by atoms with E-state index in [1.54, 1.807) is 6.20 Å². The van der Waals surface area contributed by atoms with Crippen LogP contribution in [0.15, 0.2) is 28.4 Å². The predicted octanol–water partition coefficient (Wildman–Crippen LogP) is 2.45. The van der Waals surface area contributed by atoms with Gasteiger partial charge < -0.3 is 39.6 Å². The second-order valence-corrected chi connectivity index (χ2v) is 12.4. The summed E-state index contributed by atoms with van der Waals surface area (Å²) < 4.78 is 23.1. The largest absolute Gasteiger partial charge is 0.486 e. The number of piperidine rings is 1. The minimum atomic E-state index is -0.175. The van der Waals surface area contributed by atoms with Crippen molar-refractivity contribution < 1.29 is 24.1 Å². The predicted molar refractivity (Wildman–Crippen MR) is 151 cm³/mol. The number of anilines is 2. The molecule has 0 bridgehead atoms. The molecule has 2 aromatic heterocycles. The Labute approximate surface area is 239 Å². The summed E-state index contributed by atoms with van der Waals surface area (Å²) >= 11 is 1.49. The summed E-state index contributed by atoms with van der Waals surface area (Å²) in [5.74, 6) is 2.80. The lowest BCUT2D eigenvalue weighted by atomic mass is 9.73. The van der Waals surface area contributed by atoms with Gasteiger partial charge in [-0.1, -0.05) is 11.8 Å². The quantitative estimate of drug-likeness (QED) is 0.338. The second-order valence-electron chi connectivity index (χ2n) is 11.3. The zero-order valence-electron chi connectivity index (χ0n) is 23.3. The average Bonchev–Trinajstić information content (AvgIpc) is 3.53. The molecule has 3 N–H and O–H groups in total. The van der Waals surface area contributed by atoms with Crippen molar-refractivity contribution in [1.29, 1.82) is 0 Å². The van der Waals surface area contributed by atoms with Crippen LogP contribution in [0, 0.1) is 11.3 Å². The summed E-state index contributed by atoms with van der Waals surface area (Å²) in [7, 11) is 0. The van der Waals surface area contributed by atoms with E-state index in [0.29, 0.717) is 49.3 Å². The van der Waals surface area contributed by atoms with E-state index in [0.717, 1.165) is 67.8 Å². The van der Waals surface area contributed by atoms with Gasteiger partial charge in [-0.15, -0.1) is 0 Å². The highest BCUT2D eigenvalue weighted by Crippen LogP contribution is 2.45. The fraction of sp³-hybridized carbons (Fsp3) is 0.679. The normalized spacial score (nSPS) is 27.1. The van der Waals surface area contributed by atoms with Gasteiger partial charge in [-0.2, -0.15) is 0 Å². The van der Waals surface area contributed by atoms with Gasteiger partial charge in [0, 0.05) is 49.8 Å². The first-order chi connectivity index (χ1) is 19.5. The third kappa shape index (κ3) is 5.37. The van der Waals surface area contributed by atoms with Gasteiger partial charge in [0.1, 0.15) is 24.1 Å². The highest BCUT2D eigenvalue weighted by molar-refractivity contribution is 7.99. The Morgan fingerprint density at radius 3 is 2.83 bits per heavy atom. The molecule has 0 aromatic carbocycles. The van der Waals surface area contributed by atoms with E-state index in [4.69, 9.17) is 34.6 Å². The zero-order chi connectivity index (χ0) is 27.7. The molecule has 4 aliphatic rings. The van der Waals surface area contributed by atoms with Crippen LogP contribution in [0.1, 0.15) is 38.8 Å². The Morgan fingerprint density at radius 2 is 2.08 bits per heavy atom. The minimum absolute atomic E-state index is 0.0316. The Balaban J connectivity index is 1.13. The summed E-state index contributed by atoms with van der Waals surface area (Å²) in [4.78, 5) is 19.7. The molecule has 1 spiro atoms. The van der Waals surface area contributed by atoms with Gasteiger partial charge in [0.2, 0.25) is 0 Å². The van der Waals surface area contributed by atoms with Crippen molar-refractivity contribution in [2.75, 3.05) is 62.7 Å². The number of aliphatic hydroxyl groups is 1. The molecule has 11 nitrogen and oxygen atoms in total. The van der Waals surface area contributed by atoms with Crippen molar-refractivity contribution in [3.63, 3.8) is 0 Å². The molecular weight excluding hydrogens is 532 g/mol. The lowest BCUT2D eigenvalue weighted by Gasteiger charge is -2.41. The second kappa shape index (κ2) is 11.9. The number of rotatable bonds is 9. The van der Waals surface area contributed by atoms with Gasteiger partial charge in [-0.3, -0.25) is 0 Å². The Hall–Kier alpha value is -2.22. The molecule has 6 rings (SSSR count). The maximum Gasteiger partial charge on any atom is 0.175 e. The van der Waals surface area contributed by atoms with Crippen molar-refractivity contribution in [3.05, 3.63) is 24.2 Å². The van der Waals surface area contributed by atoms with Crippen LogP contribution in [0.25, 0.3) is 0 Å². The van der Waals surface area contributed by atoms with Crippen molar-refractivity contribution in [2.45, 2.75) is 67.8 Å². The molecule has 40 heavy (non-hydrogen) atoms. The van der Waals surface area contributed by atoms with E-state index in [1.165, 1.54) is 11.8 Å². The molecule has 0 saturated carbocycles. The Morgan fingerprint density at radius 1 is 1.23 bits per heavy atom. The highest BCUT2D eigenvalue weighted by atomic mass is 32.2. The number of hydrogen-bond acceptors (Lipinski definition) is 12. The molecule has 4 atom stereocenters. The standard InChI is InChI=1S/C28H40N6O5S/c1-3-36-17-37-14-19-10-20-15-38-24-22(4-7-30-27(24)34(20)12-19)40-23-11-31-26(21(13-35)32-23)33-8-5-28(6-9-33)16-39-18(2)25(28)29/h4,7,11,18-20,25,35H,3,5-6,8-10,12-17,29H2,1-2H3/t18-,19-,20-,25+/m0/s1.